The van der Waals surface area contributed by atoms with Crippen LogP contribution >= 0.6 is 0 Å². The lowest BCUT2D eigenvalue weighted by molar-refractivity contribution is -0.385. The molecular formula is C9H13N2O4+. The van der Waals surface area contributed by atoms with E-state index in [4.69, 9.17) is 9.47 Å². The van der Waals surface area contributed by atoms with Crippen LogP contribution in [0.4, 0.5) is 5.69 Å². The molecule has 0 atom stereocenters. The van der Waals surface area contributed by atoms with Gasteiger partial charge in [0.05, 0.1) is 18.1 Å². The quantitative estimate of drug-likeness (QED) is 0.559. The van der Waals surface area contributed by atoms with Gasteiger partial charge in [-0.2, -0.15) is 0 Å². The average Bonchev–Trinajstić information content (AvgIpc) is 2.25. The highest BCUT2D eigenvalue weighted by Gasteiger charge is 2.11. The largest absolute Gasteiger partial charge is 0.493 e. The van der Waals surface area contributed by atoms with Gasteiger partial charge in [-0.05, 0) is 6.07 Å². The van der Waals surface area contributed by atoms with Crippen LogP contribution < -0.4 is 15.2 Å². The van der Waals surface area contributed by atoms with Crippen LogP contribution in [0.25, 0.3) is 0 Å². The van der Waals surface area contributed by atoms with Crippen LogP contribution in [-0.2, 0) is 0 Å². The standard InChI is InChI=1S/C9H12N2O4/c1-14-9-6-7(11(12)13)2-3-8(9)15-5-4-10/h2-3,6H,4-5,10H2,1H3/p+1. The van der Waals surface area contributed by atoms with Crippen LogP contribution in [0.5, 0.6) is 11.5 Å². The minimum absolute atomic E-state index is 0.0196. The zero-order valence-electron chi connectivity index (χ0n) is 8.43. The van der Waals surface area contributed by atoms with E-state index in [1.165, 1.54) is 25.3 Å². The van der Waals surface area contributed by atoms with E-state index < -0.39 is 4.92 Å². The molecule has 0 amide bonds. The molecule has 0 unspecified atom stereocenters. The Bertz CT molecular complexity index is 354. The van der Waals surface area contributed by atoms with E-state index in [1.807, 2.05) is 0 Å². The third-order valence-corrected chi connectivity index (χ3v) is 1.76. The third-order valence-electron chi connectivity index (χ3n) is 1.76. The Labute approximate surface area is 86.7 Å². The first-order chi connectivity index (χ1) is 7.19. The summed E-state index contributed by atoms with van der Waals surface area (Å²) in [5.74, 6) is 0.851. The molecule has 0 radical (unpaired) electrons. The number of quaternary nitrogens is 1. The maximum absolute atomic E-state index is 10.5. The normalized spacial score (nSPS) is 9.73. The average molecular weight is 213 g/mol. The molecule has 0 aliphatic heterocycles. The predicted octanol–water partition coefficient (Wildman–Crippen LogP) is 0.224. The van der Waals surface area contributed by atoms with Crippen LogP contribution in [0.2, 0.25) is 0 Å². The van der Waals surface area contributed by atoms with Crippen molar-refractivity contribution in [1.29, 1.82) is 0 Å². The molecule has 0 saturated carbocycles. The van der Waals surface area contributed by atoms with E-state index >= 15 is 0 Å². The van der Waals surface area contributed by atoms with Gasteiger partial charge in [-0.25, -0.2) is 0 Å². The topological polar surface area (TPSA) is 89.2 Å². The number of nitrogens with zero attached hydrogens (tertiary/aromatic N) is 1. The Kier molecular flexibility index (Phi) is 3.87. The molecule has 0 aliphatic rings. The molecule has 0 saturated heterocycles. The molecule has 0 bridgehead atoms. The number of nitro groups is 1. The van der Waals surface area contributed by atoms with E-state index in [2.05, 4.69) is 5.73 Å². The number of non-ortho nitro benzene ring substituents is 1. The van der Waals surface area contributed by atoms with Crippen LogP contribution in [0.15, 0.2) is 18.2 Å². The van der Waals surface area contributed by atoms with Gasteiger partial charge in [0.2, 0.25) is 0 Å². The van der Waals surface area contributed by atoms with E-state index in [0.717, 1.165) is 0 Å². The van der Waals surface area contributed by atoms with Gasteiger partial charge in [-0.1, -0.05) is 0 Å². The summed E-state index contributed by atoms with van der Waals surface area (Å²) in [7, 11) is 1.44. The first-order valence-electron chi connectivity index (χ1n) is 4.43. The lowest BCUT2D eigenvalue weighted by atomic mass is 10.3. The summed E-state index contributed by atoms with van der Waals surface area (Å²) in [6.07, 6.45) is 0. The van der Waals surface area contributed by atoms with Gasteiger partial charge in [-0.3, -0.25) is 10.1 Å². The molecule has 0 aliphatic carbocycles. The summed E-state index contributed by atoms with van der Waals surface area (Å²) in [4.78, 5) is 10.0. The minimum Gasteiger partial charge on any atom is -0.493 e. The van der Waals surface area contributed by atoms with Crippen molar-refractivity contribution >= 4 is 5.69 Å². The Morgan fingerprint density at radius 3 is 2.73 bits per heavy atom. The number of benzene rings is 1. The number of ether oxygens (including phenoxy) is 2. The molecule has 6 heteroatoms. The minimum atomic E-state index is -0.478. The lowest BCUT2D eigenvalue weighted by Crippen LogP contribution is -2.52. The molecule has 6 nitrogen and oxygen atoms in total. The summed E-state index contributed by atoms with van der Waals surface area (Å²) in [6, 6.07) is 4.23. The summed E-state index contributed by atoms with van der Waals surface area (Å²) in [5, 5.41) is 10.5. The Hall–Kier alpha value is -1.82. The summed E-state index contributed by atoms with van der Waals surface area (Å²) < 4.78 is 10.3. The summed E-state index contributed by atoms with van der Waals surface area (Å²) >= 11 is 0. The second kappa shape index (κ2) is 5.16. The molecule has 82 valence electrons. The first kappa shape index (κ1) is 11.3. The van der Waals surface area contributed by atoms with Crippen molar-refractivity contribution in [3.05, 3.63) is 28.3 Å². The molecule has 1 rings (SSSR count). The van der Waals surface area contributed by atoms with Crippen molar-refractivity contribution in [3.63, 3.8) is 0 Å². The van der Waals surface area contributed by atoms with Crippen molar-refractivity contribution in [2.45, 2.75) is 0 Å². The number of nitro benzene ring substituents is 1. The molecular weight excluding hydrogens is 200 g/mol. The molecule has 1 aromatic rings. The Balaban J connectivity index is 2.93. The number of hydrogen-bond acceptors (Lipinski definition) is 4. The molecule has 15 heavy (non-hydrogen) atoms. The van der Waals surface area contributed by atoms with Gasteiger partial charge in [-0.15, -0.1) is 0 Å². The van der Waals surface area contributed by atoms with Gasteiger partial charge >= 0.3 is 0 Å². The fourth-order valence-corrected chi connectivity index (χ4v) is 1.07. The zero-order chi connectivity index (χ0) is 11.3. The Morgan fingerprint density at radius 2 is 2.20 bits per heavy atom. The molecule has 3 N–H and O–H groups in total. The smallest absolute Gasteiger partial charge is 0.273 e. The van der Waals surface area contributed by atoms with Gasteiger partial charge in [0.25, 0.3) is 5.69 Å². The molecule has 0 heterocycles. The first-order valence-corrected chi connectivity index (χ1v) is 4.43. The maximum atomic E-state index is 10.5. The van der Waals surface area contributed by atoms with Gasteiger partial charge < -0.3 is 15.2 Å². The van der Waals surface area contributed by atoms with Gasteiger partial charge in [0.15, 0.2) is 11.5 Å². The van der Waals surface area contributed by atoms with Crippen molar-refractivity contribution in [2.75, 3.05) is 20.3 Å². The fraction of sp³-hybridized carbons (Fsp3) is 0.333. The molecule has 0 aromatic heterocycles. The zero-order valence-corrected chi connectivity index (χ0v) is 8.43. The lowest BCUT2D eigenvalue weighted by Gasteiger charge is -2.08. The monoisotopic (exact) mass is 213 g/mol. The molecule has 0 spiro atoms. The number of methoxy groups -OCH3 is 1. The fourth-order valence-electron chi connectivity index (χ4n) is 1.07. The van der Waals surface area contributed by atoms with Crippen molar-refractivity contribution in [3.8, 4) is 11.5 Å². The number of hydrogen-bond donors (Lipinski definition) is 1. The van der Waals surface area contributed by atoms with Crippen LogP contribution in [0, 0.1) is 10.1 Å². The molecule has 0 fully saturated rings. The number of rotatable bonds is 5. The van der Waals surface area contributed by atoms with Crippen LogP contribution in [0.1, 0.15) is 0 Å². The third kappa shape index (κ3) is 2.81. The Morgan fingerprint density at radius 1 is 1.47 bits per heavy atom. The predicted molar refractivity (Wildman–Crippen MR) is 52.9 cm³/mol. The van der Waals surface area contributed by atoms with E-state index in [0.29, 0.717) is 24.7 Å². The summed E-state index contributed by atoms with van der Waals surface area (Å²) in [6.45, 7) is 1.08. The van der Waals surface area contributed by atoms with Crippen molar-refractivity contribution < 1.29 is 20.1 Å². The second-order valence-corrected chi connectivity index (χ2v) is 2.79. The van der Waals surface area contributed by atoms with Gasteiger partial charge in [0.1, 0.15) is 13.2 Å². The van der Waals surface area contributed by atoms with E-state index in [-0.39, 0.29) is 5.69 Å². The van der Waals surface area contributed by atoms with Crippen molar-refractivity contribution in [1.82, 2.24) is 0 Å². The molecule has 1 aromatic carbocycles. The second-order valence-electron chi connectivity index (χ2n) is 2.79. The highest BCUT2D eigenvalue weighted by Crippen LogP contribution is 2.30. The van der Waals surface area contributed by atoms with Crippen LogP contribution in [0.3, 0.4) is 0 Å². The van der Waals surface area contributed by atoms with Crippen molar-refractivity contribution in [2.24, 2.45) is 0 Å². The van der Waals surface area contributed by atoms with E-state index in [1.54, 1.807) is 0 Å². The van der Waals surface area contributed by atoms with Gasteiger partial charge in [0, 0.05) is 6.07 Å². The maximum Gasteiger partial charge on any atom is 0.273 e. The van der Waals surface area contributed by atoms with Crippen LogP contribution in [-0.4, -0.2) is 25.2 Å². The highest BCUT2D eigenvalue weighted by atomic mass is 16.6. The summed E-state index contributed by atoms with van der Waals surface area (Å²) in [5.41, 5.74) is 3.61. The highest BCUT2D eigenvalue weighted by molar-refractivity contribution is 5.48. The van der Waals surface area contributed by atoms with E-state index in [9.17, 15) is 10.1 Å². The SMILES string of the molecule is COc1cc([N+](=O)[O-])ccc1OCC[NH3+].